The minimum absolute atomic E-state index is 0.455. The molecule has 1 aromatic carbocycles. The fourth-order valence-electron chi connectivity index (χ4n) is 1.65. The Hall–Kier alpha value is -1.71. The Morgan fingerprint density at radius 2 is 1.88 bits per heavy atom. The van der Waals surface area contributed by atoms with E-state index in [1.807, 2.05) is 19.9 Å². The van der Waals surface area contributed by atoms with E-state index in [4.69, 9.17) is 0 Å². The highest BCUT2D eigenvalue weighted by Gasteiger charge is 2.05. The molecule has 0 radical (unpaired) electrons. The zero-order valence-corrected chi connectivity index (χ0v) is 9.17. The van der Waals surface area contributed by atoms with Crippen molar-refractivity contribution in [2.45, 2.75) is 20.4 Å². The van der Waals surface area contributed by atoms with Crippen LogP contribution in [0.5, 0.6) is 0 Å². The molecule has 2 rings (SSSR count). The van der Waals surface area contributed by atoms with Gasteiger partial charge in [-0.25, -0.2) is 8.78 Å². The van der Waals surface area contributed by atoms with Crippen molar-refractivity contribution in [1.29, 1.82) is 0 Å². The number of aromatic nitrogens is 2. The molecule has 0 unspecified atom stereocenters. The number of benzene rings is 1. The van der Waals surface area contributed by atoms with E-state index in [0.717, 1.165) is 17.5 Å². The van der Waals surface area contributed by atoms with Crippen LogP contribution in [-0.2, 0) is 6.54 Å². The first-order valence-corrected chi connectivity index (χ1v) is 5.01. The van der Waals surface area contributed by atoms with E-state index in [0.29, 0.717) is 12.1 Å². The topological polar surface area (TPSA) is 17.8 Å². The van der Waals surface area contributed by atoms with E-state index >= 15 is 0 Å². The summed E-state index contributed by atoms with van der Waals surface area (Å²) in [6.07, 6.45) is 0. The zero-order valence-electron chi connectivity index (χ0n) is 9.17. The second kappa shape index (κ2) is 4.04. The molecule has 0 fully saturated rings. The highest BCUT2D eigenvalue weighted by atomic mass is 19.2. The van der Waals surface area contributed by atoms with Gasteiger partial charge in [-0.15, -0.1) is 0 Å². The lowest BCUT2D eigenvalue weighted by atomic mass is 10.2. The second-order valence-corrected chi connectivity index (χ2v) is 3.83. The Bertz CT molecular complexity index is 518. The summed E-state index contributed by atoms with van der Waals surface area (Å²) in [4.78, 5) is 0. The van der Waals surface area contributed by atoms with E-state index in [1.165, 1.54) is 6.07 Å². The van der Waals surface area contributed by atoms with Crippen LogP contribution in [0, 0.1) is 25.5 Å². The molecule has 0 spiro atoms. The molecule has 2 nitrogen and oxygen atoms in total. The SMILES string of the molecule is Cc1cc(C)n(Cc2ccc(F)c(F)c2)n1. The maximum atomic E-state index is 13.0. The Morgan fingerprint density at radius 3 is 2.44 bits per heavy atom. The molecule has 0 saturated heterocycles. The van der Waals surface area contributed by atoms with E-state index in [1.54, 1.807) is 10.7 Å². The molecular formula is C12H12F2N2. The first-order chi connectivity index (χ1) is 7.56. The van der Waals surface area contributed by atoms with Crippen LogP contribution in [0.15, 0.2) is 24.3 Å². The monoisotopic (exact) mass is 222 g/mol. The Morgan fingerprint density at radius 1 is 1.12 bits per heavy atom. The molecule has 0 atom stereocenters. The van der Waals surface area contributed by atoms with Crippen molar-refractivity contribution in [1.82, 2.24) is 9.78 Å². The molecule has 0 aliphatic heterocycles. The average molecular weight is 222 g/mol. The standard InChI is InChI=1S/C12H12F2N2/c1-8-5-9(2)16(15-8)7-10-3-4-11(13)12(14)6-10/h3-6H,7H2,1-2H3. The van der Waals surface area contributed by atoms with Crippen molar-refractivity contribution in [3.63, 3.8) is 0 Å². The summed E-state index contributed by atoms with van der Waals surface area (Å²) in [5, 5.41) is 4.26. The Kier molecular flexibility index (Phi) is 2.73. The van der Waals surface area contributed by atoms with Crippen molar-refractivity contribution < 1.29 is 8.78 Å². The average Bonchev–Trinajstić information content (AvgIpc) is 2.51. The van der Waals surface area contributed by atoms with Gasteiger partial charge in [-0.2, -0.15) is 5.10 Å². The van der Waals surface area contributed by atoms with Gasteiger partial charge < -0.3 is 0 Å². The maximum absolute atomic E-state index is 13.0. The fourth-order valence-corrected chi connectivity index (χ4v) is 1.65. The first kappa shape index (κ1) is 10.8. The molecule has 0 saturated carbocycles. The molecule has 1 aromatic heterocycles. The van der Waals surface area contributed by atoms with Crippen molar-refractivity contribution in [3.05, 3.63) is 52.9 Å². The van der Waals surface area contributed by atoms with Crippen molar-refractivity contribution >= 4 is 0 Å². The fraction of sp³-hybridized carbons (Fsp3) is 0.250. The Balaban J connectivity index is 2.27. The first-order valence-electron chi connectivity index (χ1n) is 5.01. The van der Waals surface area contributed by atoms with Gasteiger partial charge in [0.1, 0.15) is 0 Å². The van der Waals surface area contributed by atoms with Crippen LogP contribution in [-0.4, -0.2) is 9.78 Å². The van der Waals surface area contributed by atoms with Gasteiger partial charge in [-0.3, -0.25) is 4.68 Å². The summed E-state index contributed by atoms with van der Waals surface area (Å²) < 4.78 is 27.5. The van der Waals surface area contributed by atoms with Gasteiger partial charge in [0.15, 0.2) is 11.6 Å². The highest BCUT2D eigenvalue weighted by Crippen LogP contribution is 2.11. The molecule has 0 amide bonds. The lowest BCUT2D eigenvalue weighted by Gasteiger charge is -2.04. The second-order valence-electron chi connectivity index (χ2n) is 3.83. The lowest BCUT2D eigenvalue weighted by Crippen LogP contribution is -2.04. The minimum atomic E-state index is -0.822. The number of hydrogen-bond acceptors (Lipinski definition) is 1. The summed E-state index contributed by atoms with van der Waals surface area (Å²) >= 11 is 0. The molecule has 16 heavy (non-hydrogen) atoms. The third-order valence-corrected chi connectivity index (χ3v) is 2.42. The van der Waals surface area contributed by atoms with Gasteiger partial charge in [0.2, 0.25) is 0 Å². The van der Waals surface area contributed by atoms with Crippen molar-refractivity contribution in [2.75, 3.05) is 0 Å². The summed E-state index contributed by atoms with van der Waals surface area (Å²) in [6, 6.07) is 5.84. The van der Waals surface area contributed by atoms with Crippen molar-refractivity contribution in [3.8, 4) is 0 Å². The van der Waals surface area contributed by atoms with Gasteiger partial charge in [0, 0.05) is 5.69 Å². The third kappa shape index (κ3) is 2.10. The molecule has 0 bridgehead atoms. The molecular weight excluding hydrogens is 210 g/mol. The van der Waals surface area contributed by atoms with Gasteiger partial charge in [0.05, 0.1) is 12.2 Å². The van der Waals surface area contributed by atoms with Crippen LogP contribution in [0.3, 0.4) is 0 Å². The molecule has 2 aromatic rings. The lowest BCUT2D eigenvalue weighted by molar-refractivity contribution is 0.505. The van der Waals surface area contributed by atoms with Gasteiger partial charge >= 0.3 is 0 Å². The van der Waals surface area contributed by atoms with Crippen LogP contribution >= 0.6 is 0 Å². The maximum Gasteiger partial charge on any atom is 0.159 e. The van der Waals surface area contributed by atoms with Crippen LogP contribution in [0.25, 0.3) is 0 Å². The molecule has 0 N–H and O–H groups in total. The molecule has 1 heterocycles. The number of aryl methyl sites for hydroxylation is 2. The largest absolute Gasteiger partial charge is 0.265 e. The third-order valence-electron chi connectivity index (χ3n) is 2.42. The summed E-state index contributed by atoms with van der Waals surface area (Å²) in [6.45, 7) is 4.28. The van der Waals surface area contributed by atoms with Gasteiger partial charge in [-0.05, 0) is 37.6 Å². The number of rotatable bonds is 2. The Labute approximate surface area is 92.5 Å². The normalized spacial score (nSPS) is 10.8. The van der Waals surface area contributed by atoms with Crippen LogP contribution < -0.4 is 0 Å². The van der Waals surface area contributed by atoms with E-state index in [9.17, 15) is 8.78 Å². The molecule has 0 aliphatic rings. The summed E-state index contributed by atoms with van der Waals surface area (Å²) in [5.41, 5.74) is 2.62. The van der Waals surface area contributed by atoms with E-state index < -0.39 is 11.6 Å². The smallest absolute Gasteiger partial charge is 0.159 e. The van der Waals surface area contributed by atoms with E-state index in [2.05, 4.69) is 5.10 Å². The van der Waals surface area contributed by atoms with Gasteiger partial charge in [-0.1, -0.05) is 6.07 Å². The van der Waals surface area contributed by atoms with Crippen LogP contribution in [0.4, 0.5) is 8.78 Å². The van der Waals surface area contributed by atoms with Crippen LogP contribution in [0.1, 0.15) is 17.0 Å². The summed E-state index contributed by atoms with van der Waals surface area (Å²) in [7, 11) is 0. The number of hydrogen-bond donors (Lipinski definition) is 0. The number of halogens is 2. The van der Waals surface area contributed by atoms with Crippen molar-refractivity contribution in [2.24, 2.45) is 0 Å². The predicted octanol–water partition coefficient (Wildman–Crippen LogP) is 2.83. The predicted molar refractivity (Wildman–Crippen MR) is 57.2 cm³/mol. The number of nitrogens with zero attached hydrogens (tertiary/aromatic N) is 2. The zero-order chi connectivity index (χ0) is 11.7. The van der Waals surface area contributed by atoms with Gasteiger partial charge in [0.25, 0.3) is 0 Å². The minimum Gasteiger partial charge on any atom is -0.265 e. The highest BCUT2D eigenvalue weighted by molar-refractivity contribution is 5.19. The van der Waals surface area contributed by atoms with Crippen LogP contribution in [0.2, 0.25) is 0 Å². The molecule has 0 aliphatic carbocycles. The quantitative estimate of drug-likeness (QED) is 0.764. The molecule has 4 heteroatoms. The molecule has 84 valence electrons. The summed E-state index contributed by atoms with van der Waals surface area (Å²) in [5.74, 6) is -1.64. The van der Waals surface area contributed by atoms with E-state index in [-0.39, 0.29) is 0 Å².